The van der Waals surface area contributed by atoms with Gasteiger partial charge in [-0.2, -0.15) is 0 Å². The van der Waals surface area contributed by atoms with Gasteiger partial charge >= 0.3 is 5.97 Å². The zero-order chi connectivity index (χ0) is 12.8. The molecule has 0 bridgehead atoms. The van der Waals surface area contributed by atoms with Crippen LogP contribution < -0.4 is 5.32 Å². The molecule has 1 fully saturated rings. The van der Waals surface area contributed by atoms with Crippen LogP contribution in [0.25, 0.3) is 0 Å². The second-order valence-corrected chi connectivity index (χ2v) is 5.57. The number of rotatable bonds is 6. The summed E-state index contributed by atoms with van der Waals surface area (Å²) in [7, 11) is 0. The zero-order valence-electron chi connectivity index (χ0n) is 11.3. The van der Waals surface area contributed by atoms with Crippen molar-refractivity contribution in [2.24, 2.45) is 11.8 Å². The summed E-state index contributed by atoms with van der Waals surface area (Å²) >= 11 is 0. The highest BCUT2D eigenvalue weighted by Gasteiger charge is 2.26. The lowest BCUT2D eigenvalue weighted by molar-refractivity contribution is -0.143. The van der Waals surface area contributed by atoms with Crippen molar-refractivity contribution in [3.63, 3.8) is 0 Å². The third-order valence-electron chi connectivity index (χ3n) is 3.44. The summed E-state index contributed by atoms with van der Waals surface area (Å²) in [4.78, 5) is 13.0. The summed E-state index contributed by atoms with van der Waals surface area (Å²) in [6.45, 7) is 10.1. The first-order chi connectivity index (χ1) is 8.00. The Bertz CT molecular complexity index is 244. The van der Waals surface area contributed by atoms with Crippen LogP contribution in [-0.2, 0) is 4.79 Å². The first-order valence-electron chi connectivity index (χ1n) is 6.68. The van der Waals surface area contributed by atoms with Gasteiger partial charge in [-0.15, -0.1) is 0 Å². The van der Waals surface area contributed by atoms with Crippen molar-refractivity contribution in [2.45, 2.75) is 39.7 Å². The number of likely N-dealkylation sites (tertiary alicyclic amines) is 1. The highest BCUT2D eigenvalue weighted by molar-refractivity contribution is 5.72. The van der Waals surface area contributed by atoms with Crippen LogP contribution in [0, 0.1) is 11.8 Å². The molecule has 100 valence electrons. The van der Waals surface area contributed by atoms with Gasteiger partial charge in [-0.05, 0) is 51.2 Å². The van der Waals surface area contributed by atoms with Crippen molar-refractivity contribution in [1.29, 1.82) is 0 Å². The highest BCUT2D eigenvalue weighted by atomic mass is 16.4. The van der Waals surface area contributed by atoms with Gasteiger partial charge in [0.25, 0.3) is 0 Å². The molecule has 1 aliphatic heterocycles. The fourth-order valence-corrected chi connectivity index (χ4v) is 2.35. The molecule has 2 unspecified atom stereocenters. The summed E-state index contributed by atoms with van der Waals surface area (Å²) in [5.41, 5.74) is 0. The number of aliphatic carboxylic acids is 1. The SMILES string of the molecule is CC(C)CNCC1CCCN(C(C)C(=O)O)C1. The van der Waals surface area contributed by atoms with E-state index in [-0.39, 0.29) is 6.04 Å². The fraction of sp³-hybridized carbons (Fsp3) is 0.923. The van der Waals surface area contributed by atoms with Gasteiger partial charge in [-0.3, -0.25) is 9.69 Å². The largest absolute Gasteiger partial charge is 0.480 e. The molecule has 0 aliphatic carbocycles. The molecule has 0 amide bonds. The standard InChI is InChI=1S/C13H26N2O2/c1-10(2)7-14-8-12-5-4-6-15(9-12)11(3)13(16)17/h10-12,14H,4-9H2,1-3H3,(H,16,17). The number of piperidine rings is 1. The zero-order valence-corrected chi connectivity index (χ0v) is 11.3. The Kier molecular flexibility index (Phi) is 5.92. The first-order valence-corrected chi connectivity index (χ1v) is 6.68. The van der Waals surface area contributed by atoms with Crippen LogP contribution in [-0.4, -0.2) is 48.2 Å². The lowest BCUT2D eigenvalue weighted by atomic mass is 9.96. The second-order valence-electron chi connectivity index (χ2n) is 5.57. The Balaban J connectivity index is 2.31. The Labute approximate surface area is 104 Å². The Morgan fingerprint density at radius 3 is 2.76 bits per heavy atom. The smallest absolute Gasteiger partial charge is 0.320 e. The van der Waals surface area contributed by atoms with E-state index in [0.29, 0.717) is 11.8 Å². The van der Waals surface area contributed by atoms with Crippen molar-refractivity contribution < 1.29 is 9.90 Å². The Morgan fingerprint density at radius 2 is 2.18 bits per heavy atom. The van der Waals surface area contributed by atoms with Crippen molar-refractivity contribution >= 4 is 5.97 Å². The maximum atomic E-state index is 11.0. The van der Waals surface area contributed by atoms with Crippen LogP contribution in [0.5, 0.6) is 0 Å². The van der Waals surface area contributed by atoms with Crippen molar-refractivity contribution in [3.05, 3.63) is 0 Å². The van der Waals surface area contributed by atoms with Gasteiger partial charge in [-0.1, -0.05) is 13.8 Å². The average Bonchev–Trinajstić information content (AvgIpc) is 2.28. The number of carbonyl (C=O) groups is 1. The van der Waals surface area contributed by atoms with E-state index in [1.54, 1.807) is 6.92 Å². The summed E-state index contributed by atoms with van der Waals surface area (Å²) in [6, 6.07) is -0.345. The molecule has 1 rings (SSSR count). The van der Waals surface area contributed by atoms with E-state index >= 15 is 0 Å². The molecule has 1 saturated heterocycles. The minimum absolute atomic E-state index is 0.345. The van der Waals surface area contributed by atoms with E-state index < -0.39 is 5.97 Å². The topological polar surface area (TPSA) is 52.6 Å². The first kappa shape index (κ1) is 14.5. The van der Waals surface area contributed by atoms with E-state index in [1.165, 1.54) is 6.42 Å². The molecule has 1 aliphatic rings. The molecule has 17 heavy (non-hydrogen) atoms. The van der Waals surface area contributed by atoms with Crippen LogP contribution >= 0.6 is 0 Å². The Morgan fingerprint density at radius 1 is 1.47 bits per heavy atom. The van der Waals surface area contributed by atoms with Crippen LogP contribution in [0.3, 0.4) is 0 Å². The van der Waals surface area contributed by atoms with Gasteiger partial charge in [0.2, 0.25) is 0 Å². The monoisotopic (exact) mass is 242 g/mol. The summed E-state index contributed by atoms with van der Waals surface area (Å²) < 4.78 is 0. The van der Waals surface area contributed by atoms with Gasteiger partial charge in [-0.25, -0.2) is 0 Å². The molecule has 0 spiro atoms. The minimum Gasteiger partial charge on any atom is -0.480 e. The molecule has 2 atom stereocenters. The summed E-state index contributed by atoms with van der Waals surface area (Å²) in [5, 5.41) is 12.5. The lowest BCUT2D eigenvalue weighted by Crippen LogP contribution is -2.47. The molecule has 0 aromatic rings. The predicted molar refractivity (Wildman–Crippen MR) is 69.1 cm³/mol. The molecule has 0 aromatic heterocycles. The normalized spacial score (nSPS) is 23.9. The molecule has 0 aromatic carbocycles. The highest BCUT2D eigenvalue weighted by Crippen LogP contribution is 2.18. The van der Waals surface area contributed by atoms with Crippen LogP contribution in [0.2, 0.25) is 0 Å². The average molecular weight is 242 g/mol. The van der Waals surface area contributed by atoms with Crippen molar-refractivity contribution in [2.75, 3.05) is 26.2 Å². The van der Waals surface area contributed by atoms with Gasteiger partial charge in [0, 0.05) is 6.54 Å². The van der Waals surface area contributed by atoms with Crippen molar-refractivity contribution in [1.82, 2.24) is 10.2 Å². The van der Waals surface area contributed by atoms with Crippen molar-refractivity contribution in [3.8, 4) is 0 Å². The third kappa shape index (κ3) is 5.04. The molecule has 2 N–H and O–H groups in total. The number of carboxylic acid groups (broad SMARTS) is 1. The molecule has 0 radical (unpaired) electrons. The van der Waals surface area contributed by atoms with E-state index in [4.69, 9.17) is 5.11 Å². The van der Waals surface area contributed by atoms with Gasteiger partial charge in [0.15, 0.2) is 0 Å². The third-order valence-corrected chi connectivity index (χ3v) is 3.44. The lowest BCUT2D eigenvalue weighted by Gasteiger charge is -2.35. The Hall–Kier alpha value is -0.610. The van der Waals surface area contributed by atoms with Gasteiger partial charge in [0.1, 0.15) is 6.04 Å². The van der Waals surface area contributed by atoms with Crippen LogP contribution in [0.4, 0.5) is 0 Å². The van der Waals surface area contributed by atoms with E-state index in [1.807, 2.05) is 0 Å². The molecule has 4 nitrogen and oxygen atoms in total. The van der Waals surface area contributed by atoms with E-state index in [2.05, 4.69) is 24.1 Å². The second kappa shape index (κ2) is 6.97. The molecule has 0 saturated carbocycles. The number of hydrogen-bond donors (Lipinski definition) is 2. The number of nitrogens with one attached hydrogen (secondary N) is 1. The van der Waals surface area contributed by atoms with E-state index in [0.717, 1.165) is 32.6 Å². The molecular formula is C13H26N2O2. The van der Waals surface area contributed by atoms with Gasteiger partial charge < -0.3 is 10.4 Å². The number of nitrogens with zero attached hydrogens (tertiary/aromatic N) is 1. The number of carboxylic acids is 1. The van der Waals surface area contributed by atoms with E-state index in [9.17, 15) is 4.79 Å². The summed E-state index contributed by atoms with van der Waals surface area (Å²) in [5.74, 6) is 0.567. The molecular weight excluding hydrogens is 216 g/mol. The minimum atomic E-state index is -0.708. The quantitative estimate of drug-likeness (QED) is 0.739. The number of hydrogen-bond acceptors (Lipinski definition) is 3. The fourth-order valence-electron chi connectivity index (χ4n) is 2.35. The maximum Gasteiger partial charge on any atom is 0.320 e. The van der Waals surface area contributed by atoms with Crippen LogP contribution in [0.15, 0.2) is 0 Å². The predicted octanol–water partition coefficient (Wildman–Crippen LogP) is 1.42. The maximum absolute atomic E-state index is 11.0. The summed E-state index contributed by atoms with van der Waals surface area (Å²) in [6.07, 6.45) is 2.33. The molecule has 4 heteroatoms. The molecule has 1 heterocycles. The van der Waals surface area contributed by atoms with Gasteiger partial charge in [0.05, 0.1) is 0 Å². The van der Waals surface area contributed by atoms with Crippen LogP contribution in [0.1, 0.15) is 33.6 Å².